The number of likely N-dealkylation sites (tertiary alicyclic amines) is 1. The minimum Gasteiger partial charge on any atom is -0.453 e. The first kappa shape index (κ1) is 12.7. The zero-order chi connectivity index (χ0) is 12.4. The Labute approximate surface area is 106 Å². The molecule has 3 atom stereocenters. The lowest BCUT2D eigenvalue weighted by atomic mass is 9.84. The zero-order valence-corrected chi connectivity index (χ0v) is 10.8. The van der Waals surface area contributed by atoms with Gasteiger partial charge in [0, 0.05) is 6.04 Å². The van der Waals surface area contributed by atoms with Crippen molar-refractivity contribution in [1.82, 2.24) is 4.90 Å². The van der Waals surface area contributed by atoms with Gasteiger partial charge in [-0.1, -0.05) is 12.8 Å². The van der Waals surface area contributed by atoms with Crippen molar-refractivity contribution in [2.45, 2.75) is 44.2 Å². The van der Waals surface area contributed by atoms with Gasteiger partial charge >= 0.3 is 6.09 Å². The summed E-state index contributed by atoms with van der Waals surface area (Å²) in [6, 6.07) is -0.193. The molecule has 1 amide bonds. The molecule has 17 heavy (non-hydrogen) atoms. The van der Waals surface area contributed by atoms with Crippen LogP contribution < -0.4 is 0 Å². The van der Waals surface area contributed by atoms with Gasteiger partial charge in [-0.25, -0.2) is 4.79 Å². The molecule has 96 valence electrons. The number of Topliss-reactive ketones (excluding diaryl/α,β-unsaturated/α-hetero) is 1. The number of alkyl halides is 1. The summed E-state index contributed by atoms with van der Waals surface area (Å²) in [5.74, 6) is 0.351. The van der Waals surface area contributed by atoms with Crippen LogP contribution in [0.1, 0.15) is 32.1 Å². The molecule has 1 aliphatic heterocycles. The fourth-order valence-electron chi connectivity index (χ4n) is 3.20. The Morgan fingerprint density at radius 3 is 2.71 bits per heavy atom. The summed E-state index contributed by atoms with van der Waals surface area (Å²) in [5, 5.41) is 0. The van der Waals surface area contributed by atoms with Crippen LogP contribution in [0.3, 0.4) is 0 Å². The topological polar surface area (TPSA) is 46.6 Å². The number of hydrogen-bond acceptors (Lipinski definition) is 3. The van der Waals surface area contributed by atoms with Crippen LogP contribution >= 0.6 is 11.6 Å². The van der Waals surface area contributed by atoms with Gasteiger partial charge in [0.05, 0.1) is 19.0 Å². The Morgan fingerprint density at radius 2 is 2.06 bits per heavy atom. The van der Waals surface area contributed by atoms with Crippen LogP contribution in [0.5, 0.6) is 0 Å². The molecule has 0 aromatic carbocycles. The van der Waals surface area contributed by atoms with Crippen LogP contribution in [-0.4, -0.2) is 41.8 Å². The van der Waals surface area contributed by atoms with E-state index >= 15 is 0 Å². The van der Waals surface area contributed by atoms with Crippen LogP contribution in [-0.2, 0) is 9.53 Å². The van der Waals surface area contributed by atoms with Crippen molar-refractivity contribution < 1.29 is 14.3 Å². The Morgan fingerprint density at radius 1 is 1.35 bits per heavy atom. The fraction of sp³-hybridized carbons (Fsp3) is 0.833. The van der Waals surface area contributed by atoms with E-state index in [1.165, 1.54) is 13.5 Å². The lowest BCUT2D eigenvalue weighted by molar-refractivity contribution is -0.120. The molecule has 0 N–H and O–H groups in total. The highest BCUT2D eigenvalue weighted by Crippen LogP contribution is 2.40. The van der Waals surface area contributed by atoms with Crippen LogP contribution in [0.15, 0.2) is 0 Å². The van der Waals surface area contributed by atoms with Crippen LogP contribution in [0, 0.1) is 5.92 Å². The number of ether oxygens (including phenoxy) is 1. The number of amides is 1. The number of rotatable bonds is 2. The first-order valence-electron chi connectivity index (χ1n) is 6.14. The second-order valence-electron chi connectivity index (χ2n) is 4.84. The third-order valence-electron chi connectivity index (χ3n) is 3.98. The molecular weight excluding hydrogens is 242 g/mol. The van der Waals surface area contributed by atoms with Crippen molar-refractivity contribution in [2.24, 2.45) is 5.92 Å². The van der Waals surface area contributed by atoms with E-state index in [1.54, 1.807) is 4.90 Å². The van der Waals surface area contributed by atoms with Crippen molar-refractivity contribution in [3.8, 4) is 0 Å². The van der Waals surface area contributed by atoms with Crippen molar-refractivity contribution in [1.29, 1.82) is 0 Å². The number of methoxy groups -OCH3 is 1. The predicted octanol–water partition coefficient (Wildman–Crippen LogP) is 2.19. The van der Waals surface area contributed by atoms with Crippen molar-refractivity contribution >= 4 is 23.5 Å². The van der Waals surface area contributed by atoms with Gasteiger partial charge in [-0.3, -0.25) is 9.69 Å². The second kappa shape index (κ2) is 5.25. The highest BCUT2D eigenvalue weighted by Gasteiger charge is 2.47. The van der Waals surface area contributed by atoms with Gasteiger partial charge in [-0.05, 0) is 25.2 Å². The molecule has 0 aromatic rings. The van der Waals surface area contributed by atoms with E-state index in [0.29, 0.717) is 5.92 Å². The fourth-order valence-corrected chi connectivity index (χ4v) is 3.38. The Balaban J connectivity index is 2.20. The molecule has 1 heterocycles. The highest BCUT2D eigenvalue weighted by atomic mass is 35.5. The maximum atomic E-state index is 11.8. The SMILES string of the molecule is COC(=O)N1C(C(=O)CCl)CC2CCCCC21. The lowest BCUT2D eigenvalue weighted by Gasteiger charge is -2.32. The maximum absolute atomic E-state index is 11.8. The molecular formula is C12H18ClNO3. The number of halogens is 1. The average molecular weight is 260 g/mol. The van der Waals surface area contributed by atoms with Gasteiger partial charge < -0.3 is 4.74 Å². The summed E-state index contributed by atoms with van der Waals surface area (Å²) in [7, 11) is 1.36. The van der Waals surface area contributed by atoms with Gasteiger partial charge in [0.1, 0.15) is 0 Å². The summed E-state index contributed by atoms with van der Waals surface area (Å²) in [6.45, 7) is 0. The number of ketones is 1. The van der Waals surface area contributed by atoms with E-state index in [4.69, 9.17) is 16.3 Å². The number of hydrogen-bond donors (Lipinski definition) is 0. The first-order chi connectivity index (χ1) is 8.19. The largest absolute Gasteiger partial charge is 0.453 e. The number of carbonyl (C=O) groups excluding carboxylic acids is 2. The van der Waals surface area contributed by atoms with E-state index in [1.807, 2.05) is 0 Å². The molecule has 2 fully saturated rings. The zero-order valence-electron chi connectivity index (χ0n) is 10.0. The molecule has 2 rings (SSSR count). The van der Waals surface area contributed by atoms with Gasteiger partial charge in [-0.2, -0.15) is 0 Å². The van der Waals surface area contributed by atoms with Crippen LogP contribution in [0.4, 0.5) is 4.79 Å². The molecule has 0 bridgehead atoms. The van der Waals surface area contributed by atoms with Crippen LogP contribution in [0.25, 0.3) is 0 Å². The molecule has 4 nitrogen and oxygen atoms in total. The Bertz CT molecular complexity index is 321. The number of nitrogens with zero attached hydrogens (tertiary/aromatic N) is 1. The molecule has 1 saturated heterocycles. The predicted molar refractivity (Wildman–Crippen MR) is 64.1 cm³/mol. The van der Waals surface area contributed by atoms with Crippen molar-refractivity contribution in [3.05, 3.63) is 0 Å². The highest BCUT2D eigenvalue weighted by molar-refractivity contribution is 6.28. The maximum Gasteiger partial charge on any atom is 0.410 e. The van der Waals surface area contributed by atoms with Crippen molar-refractivity contribution in [3.63, 3.8) is 0 Å². The first-order valence-corrected chi connectivity index (χ1v) is 6.67. The molecule has 5 heteroatoms. The van der Waals surface area contributed by atoms with Gasteiger partial charge in [0.25, 0.3) is 0 Å². The Kier molecular flexibility index (Phi) is 3.92. The molecule has 2 aliphatic rings. The smallest absolute Gasteiger partial charge is 0.410 e. The molecule has 0 aromatic heterocycles. The summed E-state index contributed by atoms with van der Waals surface area (Å²) in [4.78, 5) is 25.2. The monoisotopic (exact) mass is 259 g/mol. The van der Waals surface area contributed by atoms with E-state index in [-0.39, 0.29) is 29.8 Å². The quantitative estimate of drug-likeness (QED) is 0.714. The molecule has 1 saturated carbocycles. The summed E-state index contributed by atoms with van der Waals surface area (Å²) in [5.41, 5.74) is 0. The van der Waals surface area contributed by atoms with E-state index < -0.39 is 0 Å². The van der Waals surface area contributed by atoms with Gasteiger partial charge in [0.15, 0.2) is 5.78 Å². The van der Waals surface area contributed by atoms with E-state index in [0.717, 1.165) is 25.7 Å². The lowest BCUT2D eigenvalue weighted by Crippen LogP contribution is -2.46. The Hall–Kier alpha value is -0.770. The average Bonchev–Trinajstić information content (AvgIpc) is 2.76. The third-order valence-corrected chi connectivity index (χ3v) is 4.24. The summed E-state index contributed by atoms with van der Waals surface area (Å²) < 4.78 is 4.80. The molecule has 0 radical (unpaired) electrons. The van der Waals surface area contributed by atoms with Crippen LogP contribution in [0.2, 0.25) is 0 Å². The van der Waals surface area contributed by atoms with Gasteiger partial charge in [-0.15, -0.1) is 11.6 Å². The van der Waals surface area contributed by atoms with Crippen molar-refractivity contribution in [2.75, 3.05) is 13.0 Å². The summed E-state index contributed by atoms with van der Waals surface area (Å²) in [6.07, 6.45) is 4.76. The minimum atomic E-state index is -0.386. The third kappa shape index (κ3) is 2.28. The van der Waals surface area contributed by atoms with Gasteiger partial charge in [0.2, 0.25) is 0 Å². The summed E-state index contributed by atoms with van der Waals surface area (Å²) >= 11 is 5.61. The normalized spacial score (nSPS) is 32.1. The van der Waals surface area contributed by atoms with E-state index in [9.17, 15) is 9.59 Å². The molecule has 0 spiro atoms. The molecule has 3 unspecified atom stereocenters. The minimum absolute atomic E-state index is 0.0302. The standard InChI is InChI=1S/C12H18ClNO3/c1-17-12(16)14-9-5-3-2-4-8(9)6-10(14)11(15)7-13/h8-10H,2-7H2,1H3. The second-order valence-corrected chi connectivity index (χ2v) is 5.11. The number of fused-ring (bicyclic) bond motifs is 1. The van der Waals surface area contributed by atoms with E-state index in [2.05, 4.69) is 0 Å². The number of carbonyl (C=O) groups is 2. The molecule has 1 aliphatic carbocycles.